The number of anilines is 1. The lowest BCUT2D eigenvalue weighted by atomic mass is 10.2. The second-order valence-corrected chi connectivity index (χ2v) is 8.50. The summed E-state index contributed by atoms with van der Waals surface area (Å²) in [7, 11) is -7.91. The lowest BCUT2D eigenvalue weighted by Gasteiger charge is -2.10. The highest BCUT2D eigenvalue weighted by molar-refractivity contribution is 7.91. The number of rotatable bonds is 4. The zero-order chi connectivity index (χ0) is 16.5. The predicted octanol–water partition coefficient (Wildman–Crippen LogP) is 1.54. The van der Waals surface area contributed by atoms with Crippen LogP contribution < -0.4 is 10.9 Å². The first-order chi connectivity index (χ1) is 10.1. The topological polar surface area (TPSA) is 120 Å². The summed E-state index contributed by atoms with van der Waals surface area (Å²) in [5.41, 5.74) is 5.89. The fraction of sp³-hybridized carbons (Fsp3) is 0.0769. The van der Waals surface area contributed by atoms with Crippen molar-refractivity contribution in [3.8, 4) is 0 Å². The summed E-state index contributed by atoms with van der Waals surface area (Å²) in [6.45, 7) is 0. The third-order valence-corrected chi connectivity index (χ3v) is 6.07. The van der Waals surface area contributed by atoms with E-state index in [1.165, 1.54) is 42.5 Å². The molecule has 0 heterocycles. The fourth-order valence-electron chi connectivity index (χ4n) is 1.94. The van der Waals surface area contributed by atoms with E-state index < -0.39 is 25.6 Å². The molecule has 0 fully saturated rings. The zero-order valence-electron chi connectivity index (χ0n) is 11.2. The molecule has 0 saturated heterocycles. The number of sulfonamides is 1. The van der Waals surface area contributed by atoms with E-state index in [1.54, 1.807) is 0 Å². The van der Waals surface area contributed by atoms with Gasteiger partial charge in [-0.2, -0.15) is 0 Å². The van der Waals surface area contributed by atoms with E-state index >= 15 is 0 Å². The summed E-state index contributed by atoms with van der Waals surface area (Å²) in [5, 5.41) is 5.12. The molecule has 0 unspecified atom stereocenters. The van der Waals surface area contributed by atoms with Gasteiger partial charge in [0.1, 0.15) is 0 Å². The van der Waals surface area contributed by atoms with Crippen LogP contribution >= 0.6 is 11.6 Å². The van der Waals surface area contributed by atoms with Crippen molar-refractivity contribution in [2.75, 3.05) is 5.73 Å². The standard InChI is InChI=1S/C13H13ClN2O4S2/c14-11-6-5-10(15)7-13(11)21(17,18)8-9-3-1-2-4-12(9)22(16,19)20/h1-7H,8,15H2,(H2,16,19,20). The van der Waals surface area contributed by atoms with Crippen LogP contribution in [0.15, 0.2) is 52.3 Å². The van der Waals surface area contributed by atoms with Crippen molar-refractivity contribution < 1.29 is 16.8 Å². The van der Waals surface area contributed by atoms with E-state index in [1.807, 2.05) is 0 Å². The highest BCUT2D eigenvalue weighted by Gasteiger charge is 2.23. The molecule has 118 valence electrons. The van der Waals surface area contributed by atoms with Crippen LogP contribution in [0.2, 0.25) is 5.02 Å². The Morgan fingerprint density at radius 3 is 2.23 bits per heavy atom. The van der Waals surface area contributed by atoms with Crippen molar-refractivity contribution in [3.63, 3.8) is 0 Å². The van der Waals surface area contributed by atoms with Gasteiger partial charge in [-0.15, -0.1) is 0 Å². The number of nitrogens with two attached hydrogens (primary N) is 2. The van der Waals surface area contributed by atoms with Crippen LogP contribution in [0.5, 0.6) is 0 Å². The Hall–Kier alpha value is -1.61. The maximum atomic E-state index is 12.5. The first-order valence-corrected chi connectivity index (χ1v) is 9.57. The number of primary sulfonamides is 1. The average molecular weight is 361 g/mol. The number of halogens is 1. The lowest BCUT2D eigenvalue weighted by molar-refractivity contribution is 0.593. The Bertz CT molecular complexity index is 925. The van der Waals surface area contributed by atoms with Gasteiger partial charge in [0, 0.05) is 5.69 Å². The van der Waals surface area contributed by atoms with Crippen LogP contribution in [-0.2, 0) is 25.6 Å². The second kappa shape index (κ2) is 5.88. The van der Waals surface area contributed by atoms with Crippen LogP contribution in [0.25, 0.3) is 0 Å². The number of hydrogen-bond donors (Lipinski definition) is 2. The maximum Gasteiger partial charge on any atom is 0.238 e. The molecule has 22 heavy (non-hydrogen) atoms. The van der Waals surface area contributed by atoms with Gasteiger partial charge >= 0.3 is 0 Å². The van der Waals surface area contributed by atoms with Gasteiger partial charge in [-0.05, 0) is 29.8 Å². The second-order valence-electron chi connectivity index (χ2n) is 4.60. The highest BCUT2D eigenvalue weighted by atomic mass is 35.5. The highest BCUT2D eigenvalue weighted by Crippen LogP contribution is 2.28. The number of benzene rings is 2. The lowest BCUT2D eigenvalue weighted by Crippen LogP contribution is -2.16. The van der Waals surface area contributed by atoms with Crippen molar-refractivity contribution in [3.05, 3.63) is 53.1 Å². The van der Waals surface area contributed by atoms with E-state index in [0.29, 0.717) is 0 Å². The Morgan fingerprint density at radius 2 is 1.59 bits per heavy atom. The Balaban J connectivity index is 2.53. The summed E-state index contributed by atoms with van der Waals surface area (Å²) in [5.74, 6) is -0.553. The van der Waals surface area contributed by atoms with E-state index in [9.17, 15) is 16.8 Å². The van der Waals surface area contributed by atoms with Crippen LogP contribution in [0.3, 0.4) is 0 Å². The molecular weight excluding hydrogens is 348 g/mol. The minimum atomic E-state index is -4.03. The Morgan fingerprint density at radius 1 is 0.955 bits per heavy atom. The molecule has 0 amide bonds. The maximum absolute atomic E-state index is 12.5. The van der Waals surface area contributed by atoms with Crippen molar-refractivity contribution >= 4 is 37.1 Å². The molecule has 2 rings (SSSR count). The molecule has 6 nitrogen and oxygen atoms in total. The zero-order valence-corrected chi connectivity index (χ0v) is 13.6. The number of nitrogen functional groups attached to an aromatic ring is 1. The fourth-order valence-corrected chi connectivity index (χ4v) is 4.77. The molecule has 2 aromatic carbocycles. The Kier molecular flexibility index (Phi) is 4.48. The Labute approximate surface area is 133 Å². The number of hydrogen-bond acceptors (Lipinski definition) is 5. The number of sulfone groups is 1. The van der Waals surface area contributed by atoms with E-state index in [0.717, 1.165) is 0 Å². The van der Waals surface area contributed by atoms with Gasteiger partial charge in [0.25, 0.3) is 0 Å². The normalized spacial score (nSPS) is 12.3. The van der Waals surface area contributed by atoms with Crippen LogP contribution in [0, 0.1) is 0 Å². The van der Waals surface area contributed by atoms with Gasteiger partial charge < -0.3 is 5.73 Å². The van der Waals surface area contributed by atoms with E-state index in [2.05, 4.69) is 0 Å². The molecule has 0 bridgehead atoms. The molecule has 0 aliphatic carbocycles. The molecule has 4 N–H and O–H groups in total. The van der Waals surface area contributed by atoms with Crippen molar-refractivity contribution in [2.24, 2.45) is 5.14 Å². The molecular formula is C13H13ClN2O4S2. The smallest absolute Gasteiger partial charge is 0.238 e. The van der Waals surface area contributed by atoms with Gasteiger partial charge in [0.15, 0.2) is 9.84 Å². The summed E-state index contributed by atoms with van der Waals surface area (Å²) < 4.78 is 48.0. The quantitative estimate of drug-likeness (QED) is 0.801. The van der Waals surface area contributed by atoms with Gasteiger partial charge in [-0.1, -0.05) is 29.8 Å². The monoisotopic (exact) mass is 360 g/mol. The molecule has 9 heteroatoms. The van der Waals surface area contributed by atoms with Gasteiger partial charge in [0.2, 0.25) is 10.0 Å². The largest absolute Gasteiger partial charge is 0.399 e. The summed E-state index contributed by atoms with van der Waals surface area (Å²) >= 11 is 5.90. The molecule has 0 saturated carbocycles. The van der Waals surface area contributed by atoms with Crippen LogP contribution in [0.4, 0.5) is 5.69 Å². The minimum Gasteiger partial charge on any atom is -0.399 e. The van der Waals surface area contributed by atoms with E-state index in [-0.39, 0.29) is 26.1 Å². The molecule has 0 aromatic heterocycles. The molecule has 0 aliphatic rings. The van der Waals surface area contributed by atoms with Crippen molar-refractivity contribution in [2.45, 2.75) is 15.5 Å². The molecule has 0 radical (unpaired) electrons. The summed E-state index contributed by atoms with van der Waals surface area (Å²) in [4.78, 5) is -0.392. The SMILES string of the molecule is Nc1ccc(Cl)c(S(=O)(=O)Cc2ccccc2S(N)(=O)=O)c1. The minimum absolute atomic E-state index is 0.0160. The first-order valence-electron chi connectivity index (χ1n) is 6.00. The average Bonchev–Trinajstić information content (AvgIpc) is 2.40. The molecule has 0 atom stereocenters. The van der Waals surface area contributed by atoms with Gasteiger partial charge in [-0.3, -0.25) is 0 Å². The van der Waals surface area contributed by atoms with Gasteiger partial charge in [0.05, 0.1) is 20.6 Å². The van der Waals surface area contributed by atoms with Crippen molar-refractivity contribution in [1.29, 1.82) is 0 Å². The predicted molar refractivity (Wildman–Crippen MR) is 84.6 cm³/mol. The van der Waals surface area contributed by atoms with Crippen LogP contribution in [0.1, 0.15) is 5.56 Å². The first kappa shape index (κ1) is 16.8. The van der Waals surface area contributed by atoms with Crippen LogP contribution in [-0.4, -0.2) is 16.8 Å². The molecule has 2 aromatic rings. The van der Waals surface area contributed by atoms with E-state index in [4.69, 9.17) is 22.5 Å². The van der Waals surface area contributed by atoms with Crippen molar-refractivity contribution in [1.82, 2.24) is 0 Å². The third-order valence-electron chi connectivity index (χ3n) is 2.91. The summed E-state index contributed by atoms with van der Waals surface area (Å²) in [6, 6.07) is 9.70. The van der Waals surface area contributed by atoms with Gasteiger partial charge in [-0.25, -0.2) is 22.0 Å². The molecule has 0 spiro atoms. The molecule has 0 aliphatic heterocycles. The third kappa shape index (κ3) is 3.58. The summed E-state index contributed by atoms with van der Waals surface area (Å²) in [6.07, 6.45) is 0.